The molecule has 12 nitrogen and oxygen atoms in total. The van der Waals surface area contributed by atoms with Crippen LogP contribution in [0, 0.1) is 11.8 Å². The van der Waals surface area contributed by atoms with E-state index in [4.69, 9.17) is 26.4 Å². The highest BCUT2D eigenvalue weighted by atomic mass is 35.5. The minimum absolute atomic E-state index is 0.0637. The number of hydrogen-bond acceptors (Lipinski definition) is 7. The maximum Gasteiger partial charge on any atom is 0.253 e. The molecule has 6 rings (SSSR count). The van der Waals surface area contributed by atoms with Gasteiger partial charge in [-0.15, -0.1) is 0 Å². The minimum Gasteiger partial charge on any atom is -0.492 e. The van der Waals surface area contributed by atoms with Crippen LogP contribution in [-0.4, -0.2) is 87.5 Å². The van der Waals surface area contributed by atoms with Crippen molar-refractivity contribution in [3.05, 3.63) is 101 Å². The smallest absolute Gasteiger partial charge is 0.253 e. The van der Waals surface area contributed by atoms with Crippen LogP contribution in [0.1, 0.15) is 59.3 Å². The van der Waals surface area contributed by atoms with Crippen molar-refractivity contribution >= 4 is 35.2 Å². The zero-order valence-corrected chi connectivity index (χ0v) is 29.5. The standard InChI is InChI=1S/C38H42ClN7O5/c1-25(2)33-35-42-34(26-7-4-3-5-8-26)43-46(35)21-22-51-31-10-6-9-29(23-31)36(48)40-17-20-45(24-32(47)41-33)38(50)28-15-18-44(19-16-28)37(49)27-11-13-30(39)14-12-27/h3-14,23,25,28,33H,15-22,24H2,1-2H3,(H,40,48)(H,41,47)/t33-/m0/s1. The van der Waals surface area contributed by atoms with Crippen molar-refractivity contribution < 1.29 is 23.9 Å². The molecule has 0 spiro atoms. The zero-order chi connectivity index (χ0) is 35.9. The molecule has 1 saturated heterocycles. The molecule has 2 N–H and O–H groups in total. The Labute approximate surface area is 302 Å². The Kier molecular flexibility index (Phi) is 11.3. The van der Waals surface area contributed by atoms with Crippen molar-refractivity contribution in [2.45, 2.75) is 39.3 Å². The van der Waals surface area contributed by atoms with Crippen LogP contribution in [0.3, 0.4) is 0 Å². The number of ether oxygens (including phenoxy) is 1. The van der Waals surface area contributed by atoms with Gasteiger partial charge in [-0.1, -0.05) is 61.8 Å². The van der Waals surface area contributed by atoms with Crippen LogP contribution in [0.4, 0.5) is 0 Å². The Morgan fingerprint density at radius 1 is 0.882 bits per heavy atom. The van der Waals surface area contributed by atoms with Crippen molar-refractivity contribution in [1.82, 2.24) is 35.2 Å². The van der Waals surface area contributed by atoms with Gasteiger partial charge >= 0.3 is 0 Å². The molecular formula is C38H42ClN7O5. The number of amides is 4. The second kappa shape index (κ2) is 16.2. The molecule has 3 aromatic carbocycles. The number of halogens is 1. The third-order valence-corrected chi connectivity index (χ3v) is 9.45. The van der Waals surface area contributed by atoms with Crippen LogP contribution < -0.4 is 15.4 Å². The average Bonchev–Trinajstić information content (AvgIpc) is 3.57. The maximum absolute atomic E-state index is 14.0. The summed E-state index contributed by atoms with van der Waals surface area (Å²) in [7, 11) is 0. The summed E-state index contributed by atoms with van der Waals surface area (Å²) in [6.07, 6.45) is 0.908. The first-order chi connectivity index (χ1) is 24.7. The van der Waals surface area contributed by atoms with E-state index in [9.17, 15) is 19.2 Å². The third-order valence-electron chi connectivity index (χ3n) is 9.20. The Bertz CT molecular complexity index is 1860. The molecule has 51 heavy (non-hydrogen) atoms. The van der Waals surface area contributed by atoms with Gasteiger partial charge in [-0.25, -0.2) is 9.67 Å². The van der Waals surface area contributed by atoms with Crippen LogP contribution in [-0.2, 0) is 16.1 Å². The number of carbonyl (C=O) groups excluding carboxylic acids is 4. The summed E-state index contributed by atoms with van der Waals surface area (Å²) in [6, 6.07) is 22.8. The van der Waals surface area contributed by atoms with Crippen molar-refractivity contribution in [3.63, 3.8) is 0 Å². The summed E-state index contributed by atoms with van der Waals surface area (Å²) in [5, 5.41) is 11.4. The Balaban J connectivity index is 1.23. The van der Waals surface area contributed by atoms with Gasteiger partial charge in [0, 0.05) is 53.8 Å². The highest BCUT2D eigenvalue weighted by molar-refractivity contribution is 6.30. The van der Waals surface area contributed by atoms with E-state index in [1.807, 2.05) is 44.2 Å². The van der Waals surface area contributed by atoms with Gasteiger partial charge in [0.25, 0.3) is 11.8 Å². The molecule has 1 aromatic heterocycles. The number of aromatic nitrogens is 3. The van der Waals surface area contributed by atoms with E-state index < -0.39 is 6.04 Å². The molecule has 4 aromatic rings. The van der Waals surface area contributed by atoms with Crippen molar-refractivity contribution in [1.29, 1.82) is 0 Å². The van der Waals surface area contributed by atoms with Gasteiger partial charge in [0.1, 0.15) is 12.4 Å². The molecule has 2 aliphatic rings. The van der Waals surface area contributed by atoms with Gasteiger partial charge in [-0.2, -0.15) is 5.10 Å². The van der Waals surface area contributed by atoms with Crippen molar-refractivity contribution in [2.24, 2.45) is 11.8 Å². The number of fused-ring (bicyclic) bond motifs is 3. The molecular weight excluding hydrogens is 670 g/mol. The van der Waals surface area contributed by atoms with E-state index in [1.165, 1.54) is 4.90 Å². The molecule has 0 saturated carbocycles. The Morgan fingerprint density at radius 2 is 1.61 bits per heavy atom. The predicted octanol–water partition coefficient (Wildman–Crippen LogP) is 4.62. The van der Waals surface area contributed by atoms with Crippen molar-refractivity contribution in [3.8, 4) is 17.1 Å². The van der Waals surface area contributed by atoms with Crippen LogP contribution in [0.5, 0.6) is 5.75 Å². The maximum atomic E-state index is 14.0. The molecule has 0 unspecified atom stereocenters. The summed E-state index contributed by atoms with van der Waals surface area (Å²) in [6.45, 7) is 5.44. The summed E-state index contributed by atoms with van der Waals surface area (Å²) < 4.78 is 7.79. The summed E-state index contributed by atoms with van der Waals surface area (Å²) >= 11 is 6.00. The summed E-state index contributed by atoms with van der Waals surface area (Å²) in [5.41, 5.74) is 1.79. The first-order valence-electron chi connectivity index (χ1n) is 17.3. The molecule has 1 atom stereocenters. The third kappa shape index (κ3) is 8.75. The van der Waals surface area contributed by atoms with Crippen LogP contribution >= 0.6 is 11.6 Å². The summed E-state index contributed by atoms with van der Waals surface area (Å²) in [5.74, 6) is 0.202. The van der Waals surface area contributed by atoms with Gasteiger partial charge in [0.15, 0.2) is 11.6 Å². The lowest BCUT2D eigenvalue weighted by Gasteiger charge is -2.34. The normalized spacial score (nSPS) is 17.9. The van der Waals surface area contributed by atoms with E-state index in [1.54, 1.807) is 58.1 Å². The van der Waals surface area contributed by atoms with Crippen LogP contribution in [0.2, 0.25) is 5.02 Å². The first-order valence-corrected chi connectivity index (χ1v) is 17.7. The van der Waals surface area contributed by atoms with E-state index in [0.717, 1.165) is 5.56 Å². The van der Waals surface area contributed by atoms with Crippen molar-refractivity contribution in [2.75, 3.05) is 39.3 Å². The fourth-order valence-electron chi connectivity index (χ4n) is 6.39. The first kappa shape index (κ1) is 35.6. The molecule has 0 radical (unpaired) electrons. The molecule has 4 amide bonds. The number of nitrogens with one attached hydrogen (secondary N) is 2. The second-order valence-electron chi connectivity index (χ2n) is 13.1. The number of likely N-dealkylation sites (tertiary alicyclic amines) is 1. The number of rotatable bonds is 4. The van der Waals surface area contributed by atoms with Crippen LogP contribution in [0.25, 0.3) is 11.4 Å². The fourth-order valence-corrected chi connectivity index (χ4v) is 6.52. The molecule has 0 aliphatic carbocycles. The lowest BCUT2D eigenvalue weighted by molar-refractivity contribution is -0.140. The zero-order valence-electron chi connectivity index (χ0n) is 28.8. The highest BCUT2D eigenvalue weighted by Crippen LogP contribution is 2.26. The monoisotopic (exact) mass is 711 g/mol. The Hall–Kier alpha value is -5.23. The van der Waals surface area contributed by atoms with E-state index in [0.29, 0.717) is 66.0 Å². The SMILES string of the molecule is CC(C)[C@@H]1NC(=O)CN(C(=O)C2CCN(C(=O)c3ccc(Cl)cc3)CC2)CCNC(=O)c2cccc(c2)OCCn2nc(-c3ccccc3)nc21. The van der Waals surface area contributed by atoms with E-state index >= 15 is 0 Å². The number of piperidine rings is 1. The van der Waals surface area contributed by atoms with E-state index in [-0.39, 0.29) is 61.7 Å². The quantitative estimate of drug-likeness (QED) is 0.315. The minimum atomic E-state index is -0.514. The van der Waals surface area contributed by atoms with Gasteiger partial charge in [0.2, 0.25) is 11.8 Å². The van der Waals surface area contributed by atoms with Gasteiger partial charge in [-0.05, 0) is 61.2 Å². The molecule has 2 bridgehead atoms. The molecule has 3 heterocycles. The van der Waals surface area contributed by atoms with Crippen LogP contribution in [0.15, 0.2) is 78.9 Å². The lowest BCUT2D eigenvalue weighted by atomic mass is 9.94. The number of carbonyl (C=O) groups is 4. The lowest BCUT2D eigenvalue weighted by Crippen LogP contribution is -2.49. The highest BCUT2D eigenvalue weighted by Gasteiger charge is 2.33. The second-order valence-corrected chi connectivity index (χ2v) is 13.6. The molecule has 266 valence electrons. The van der Waals surface area contributed by atoms with E-state index in [2.05, 4.69) is 10.6 Å². The van der Waals surface area contributed by atoms with Gasteiger partial charge in [-0.3, -0.25) is 19.2 Å². The van der Waals surface area contributed by atoms with Gasteiger partial charge in [0.05, 0.1) is 19.1 Å². The molecule has 2 aliphatic heterocycles. The number of benzene rings is 3. The average molecular weight is 712 g/mol. The molecule has 13 heteroatoms. The fraction of sp³-hybridized carbons (Fsp3) is 0.368. The Morgan fingerprint density at radius 3 is 2.33 bits per heavy atom. The number of hydrogen-bond donors (Lipinski definition) is 2. The predicted molar refractivity (Wildman–Crippen MR) is 192 cm³/mol. The summed E-state index contributed by atoms with van der Waals surface area (Å²) in [4.78, 5) is 62.2. The molecule has 1 fully saturated rings. The van der Waals surface area contributed by atoms with Gasteiger partial charge < -0.3 is 25.2 Å². The number of nitrogens with zero attached hydrogens (tertiary/aromatic N) is 5. The topological polar surface area (TPSA) is 139 Å². The largest absolute Gasteiger partial charge is 0.492 e.